The summed E-state index contributed by atoms with van der Waals surface area (Å²) < 4.78 is 7.00. The maximum absolute atomic E-state index is 5.73. The van der Waals surface area contributed by atoms with Crippen molar-refractivity contribution in [1.82, 2.24) is 9.88 Å². The number of methoxy groups -OCH3 is 1. The molecule has 0 spiro atoms. The van der Waals surface area contributed by atoms with E-state index in [9.17, 15) is 0 Å². The van der Waals surface area contributed by atoms with Gasteiger partial charge in [-0.15, -0.1) is 11.3 Å². The lowest BCUT2D eigenvalue weighted by Crippen LogP contribution is -2.67. The average molecular weight is 304 g/mol. The molecule has 3 rings (SSSR count). The molecule has 0 unspecified atom stereocenters. The van der Waals surface area contributed by atoms with Gasteiger partial charge in [0.25, 0.3) is 0 Å². The van der Waals surface area contributed by atoms with Crippen molar-refractivity contribution >= 4 is 21.6 Å². The molecule has 1 fully saturated rings. The van der Waals surface area contributed by atoms with Crippen LogP contribution in [0.2, 0.25) is 0 Å². The number of benzene rings is 1. The van der Waals surface area contributed by atoms with E-state index in [4.69, 9.17) is 9.72 Å². The van der Waals surface area contributed by atoms with Gasteiger partial charge in [0, 0.05) is 18.6 Å². The topological polar surface area (TPSA) is 25.4 Å². The van der Waals surface area contributed by atoms with Crippen LogP contribution in [0.5, 0.6) is 0 Å². The van der Waals surface area contributed by atoms with E-state index in [0.29, 0.717) is 6.04 Å². The van der Waals surface area contributed by atoms with Gasteiger partial charge in [-0.3, -0.25) is 4.90 Å². The Labute approximate surface area is 130 Å². The lowest BCUT2D eigenvalue weighted by Gasteiger charge is -2.61. The van der Waals surface area contributed by atoms with Crippen LogP contribution in [-0.4, -0.2) is 35.7 Å². The summed E-state index contributed by atoms with van der Waals surface area (Å²) in [4.78, 5) is 7.17. The summed E-state index contributed by atoms with van der Waals surface area (Å²) >= 11 is 1.80. The molecule has 0 aliphatic heterocycles. The Bertz CT molecular complexity index is 618. The van der Waals surface area contributed by atoms with Crippen LogP contribution in [0.4, 0.5) is 0 Å². The quantitative estimate of drug-likeness (QED) is 0.855. The van der Waals surface area contributed by atoms with E-state index in [1.807, 2.05) is 7.11 Å². The van der Waals surface area contributed by atoms with Crippen molar-refractivity contribution in [1.29, 1.82) is 0 Å². The summed E-state index contributed by atoms with van der Waals surface area (Å²) in [6.07, 6.45) is 1.08. The number of hydrogen-bond acceptors (Lipinski definition) is 4. The summed E-state index contributed by atoms with van der Waals surface area (Å²) in [7, 11) is 4.03. The van der Waals surface area contributed by atoms with Gasteiger partial charge in [0.15, 0.2) is 0 Å². The first-order valence-corrected chi connectivity index (χ1v) is 8.29. The number of hydrogen-bond donors (Lipinski definition) is 0. The third kappa shape index (κ3) is 2.30. The van der Waals surface area contributed by atoms with E-state index >= 15 is 0 Å². The predicted molar refractivity (Wildman–Crippen MR) is 88.7 cm³/mol. The molecule has 0 saturated heterocycles. The van der Waals surface area contributed by atoms with E-state index in [1.165, 1.54) is 9.71 Å². The molecule has 114 valence electrons. The van der Waals surface area contributed by atoms with Crippen molar-refractivity contribution in [2.75, 3.05) is 14.2 Å². The number of para-hydroxylation sites is 1. The van der Waals surface area contributed by atoms with Gasteiger partial charge in [-0.25, -0.2) is 4.98 Å². The van der Waals surface area contributed by atoms with E-state index in [2.05, 4.69) is 57.0 Å². The van der Waals surface area contributed by atoms with Crippen LogP contribution in [-0.2, 0) is 11.3 Å². The summed E-state index contributed by atoms with van der Waals surface area (Å²) in [5, 5.41) is 1.19. The molecule has 0 bridgehead atoms. The highest BCUT2D eigenvalue weighted by Gasteiger charge is 2.58. The first-order chi connectivity index (χ1) is 9.87. The first kappa shape index (κ1) is 14.9. The van der Waals surface area contributed by atoms with E-state index in [1.54, 1.807) is 11.3 Å². The Balaban J connectivity index is 1.74. The maximum Gasteiger partial charge on any atom is 0.108 e. The monoisotopic (exact) mass is 304 g/mol. The van der Waals surface area contributed by atoms with Crippen LogP contribution < -0.4 is 0 Å². The van der Waals surface area contributed by atoms with Gasteiger partial charge in [0.2, 0.25) is 0 Å². The fourth-order valence-electron chi connectivity index (χ4n) is 3.47. The molecular formula is C17H24N2OS. The lowest BCUT2D eigenvalue weighted by atomic mass is 9.55. The largest absolute Gasteiger partial charge is 0.378 e. The van der Waals surface area contributed by atoms with Gasteiger partial charge in [-0.2, -0.15) is 0 Å². The SMILES string of the molecule is CO[C@@]1(C)C[C@@H](N(C)Cc2nc3ccccc3s2)C1(C)C. The zero-order valence-corrected chi connectivity index (χ0v) is 14.3. The molecule has 21 heavy (non-hydrogen) atoms. The Morgan fingerprint density at radius 3 is 2.67 bits per heavy atom. The van der Waals surface area contributed by atoms with Crippen LogP contribution in [0, 0.1) is 5.41 Å². The molecule has 1 aromatic heterocycles. The molecule has 2 aromatic rings. The van der Waals surface area contributed by atoms with Gasteiger partial charge >= 0.3 is 0 Å². The number of aromatic nitrogens is 1. The Morgan fingerprint density at radius 2 is 2.05 bits per heavy atom. The highest BCUT2D eigenvalue weighted by Crippen LogP contribution is 2.53. The van der Waals surface area contributed by atoms with Crippen LogP contribution in [0.25, 0.3) is 10.2 Å². The van der Waals surface area contributed by atoms with Gasteiger partial charge in [0.1, 0.15) is 5.01 Å². The second kappa shape index (κ2) is 5.04. The molecule has 1 aliphatic rings. The number of ether oxygens (including phenoxy) is 1. The second-order valence-corrected chi connectivity index (χ2v) is 7.98. The van der Waals surface area contributed by atoms with Crippen molar-refractivity contribution in [2.45, 2.75) is 45.4 Å². The standard InChI is InChI=1S/C17H24N2OS/c1-16(2)14(10-17(16,3)20-5)19(4)11-15-18-12-8-6-7-9-13(12)21-15/h6-9,14H,10-11H2,1-5H3/t14-,17+/m1/s1. The normalized spacial score (nSPS) is 28.0. The van der Waals surface area contributed by atoms with Gasteiger partial charge < -0.3 is 4.74 Å². The summed E-state index contributed by atoms with van der Waals surface area (Å²) in [6, 6.07) is 8.90. The van der Waals surface area contributed by atoms with E-state index < -0.39 is 0 Å². The number of fused-ring (bicyclic) bond motifs is 1. The van der Waals surface area contributed by atoms with Crippen molar-refractivity contribution < 1.29 is 4.74 Å². The molecule has 0 radical (unpaired) electrons. The lowest BCUT2D eigenvalue weighted by molar-refractivity contribution is -0.207. The first-order valence-electron chi connectivity index (χ1n) is 7.47. The highest BCUT2D eigenvalue weighted by molar-refractivity contribution is 7.18. The Hall–Kier alpha value is -0.970. The van der Waals surface area contributed by atoms with Crippen LogP contribution in [0.1, 0.15) is 32.2 Å². The average Bonchev–Trinajstić information content (AvgIpc) is 2.86. The zero-order chi connectivity index (χ0) is 15.3. The summed E-state index contributed by atoms with van der Waals surface area (Å²) in [6.45, 7) is 7.74. The fourth-order valence-corrected chi connectivity index (χ4v) is 4.50. The summed E-state index contributed by atoms with van der Waals surface area (Å²) in [5.41, 5.74) is 1.26. The van der Waals surface area contributed by atoms with Crippen molar-refractivity contribution in [3.05, 3.63) is 29.3 Å². The molecule has 4 heteroatoms. The molecule has 1 saturated carbocycles. The minimum Gasteiger partial charge on any atom is -0.378 e. The zero-order valence-electron chi connectivity index (χ0n) is 13.5. The molecule has 0 N–H and O–H groups in total. The maximum atomic E-state index is 5.73. The molecular weight excluding hydrogens is 280 g/mol. The molecule has 1 heterocycles. The van der Waals surface area contributed by atoms with Crippen molar-refractivity contribution in [3.63, 3.8) is 0 Å². The number of nitrogens with zero attached hydrogens (tertiary/aromatic N) is 2. The molecule has 1 aromatic carbocycles. The smallest absolute Gasteiger partial charge is 0.108 e. The predicted octanol–water partition coefficient (Wildman–Crippen LogP) is 3.93. The van der Waals surface area contributed by atoms with Crippen molar-refractivity contribution in [3.8, 4) is 0 Å². The van der Waals surface area contributed by atoms with Crippen LogP contribution in [0.15, 0.2) is 24.3 Å². The van der Waals surface area contributed by atoms with E-state index in [-0.39, 0.29) is 11.0 Å². The second-order valence-electron chi connectivity index (χ2n) is 6.87. The highest BCUT2D eigenvalue weighted by atomic mass is 32.1. The third-order valence-corrected chi connectivity index (χ3v) is 6.51. The minimum atomic E-state index is -0.0144. The van der Waals surface area contributed by atoms with Gasteiger partial charge in [0.05, 0.1) is 22.4 Å². The number of thiazole rings is 1. The Kier molecular flexibility index (Phi) is 3.59. The fraction of sp³-hybridized carbons (Fsp3) is 0.588. The van der Waals surface area contributed by atoms with Crippen LogP contribution >= 0.6 is 11.3 Å². The minimum absolute atomic E-state index is 0.0144. The molecule has 0 amide bonds. The molecule has 1 aliphatic carbocycles. The molecule has 2 atom stereocenters. The van der Waals surface area contributed by atoms with Crippen LogP contribution in [0.3, 0.4) is 0 Å². The van der Waals surface area contributed by atoms with Crippen molar-refractivity contribution in [2.24, 2.45) is 5.41 Å². The van der Waals surface area contributed by atoms with Gasteiger partial charge in [-0.1, -0.05) is 26.0 Å². The third-order valence-electron chi connectivity index (χ3n) is 5.48. The summed E-state index contributed by atoms with van der Waals surface area (Å²) in [5.74, 6) is 0. The number of rotatable bonds is 4. The molecule has 3 nitrogen and oxygen atoms in total. The van der Waals surface area contributed by atoms with Gasteiger partial charge in [-0.05, 0) is 32.5 Å². The Morgan fingerprint density at radius 1 is 1.33 bits per heavy atom. The van der Waals surface area contributed by atoms with E-state index in [0.717, 1.165) is 18.5 Å².